The van der Waals surface area contributed by atoms with Gasteiger partial charge >= 0.3 is 0 Å². The molecule has 1 nitrogen and oxygen atoms in total. The van der Waals surface area contributed by atoms with Crippen molar-refractivity contribution >= 4 is 15.9 Å². The summed E-state index contributed by atoms with van der Waals surface area (Å²) in [5, 5.41) is 9.55. The van der Waals surface area contributed by atoms with Crippen LogP contribution in [0.3, 0.4) is 0 Å². The summed E-state index contributed by atoms with van der Waals surface area (Å²) in [7, 11) is 0. The van der Waals surface area contributed by atoms with Crippen molar-refractivity contribution in [3.8, 4) is 6.07 Å². The molecule has 0 N–H and O–H groups in total. The first-order valence-corrected chi connectivity index (χ1v) is 5.29. The van der Waals surface area contributed by atoms with Gasteiger partial charge in [-0.25, -0.2) is 0 Å². The Labute approximate surface area is 87.5 Å². The van der Waals surface area contributed by atoms with Crippen molar-refractivity contribution in [2.45, 2.75) is 19.3 Å². The number of alkyl halides is 1. The van der Waals surface area contributed by atoms with Gasteiger partial charge in [0.05, 0.1) is 11.6 Å². The molecular formula is C11H12BrN. The fourth-order valence-electron chi connectivity index (χ4n) is 1.07. The minimum Gasteiger partial charge on any atom is -0.192 e. The van der Waals surface area contributed by atoms with Crippen LogP contribution in [0, 0.1) is 11.3 Å². The molecular weight excluding hydrogens is 226 g/mol. The molecule has 0 unspecified atom stereocenters. The van der Waals surface area contributed by atoms with E-state index >= 15 is 0 Å². The number of hydrogen-bond donors (Lipinski definition) is 0. The normalized spacial score (nSPS) is 10.9. The van der Waals surface area contributed by atoms with Gasteiger partial charge in [0.25, 0.3) is 0 Å². The van der Waals surface area contributed by atoms with E-state index in [-0.39, 0.29) is 5.41 Å². The minimum absolute atomic E-state index is 0.133. The molecule has 0 atom stereocenters. The van der Waals surface area contributed by atoms with Crippen LogP contribution in [-0.2, 0) is 5.41 Å². The molecule has 2 heteroatoms. The smallest absolute Gasteiger partial charge is 0.0991 e. The summed E-state index contributed by atoms with van der Waals surface area (Å²) < 4.78 is 0. The first-order chi connectivity index (χ1) is 6.10. The Morgan fingerprint density at radius 1 is 1.31 bits per heavy atom. The Morgan fingerprint density at radius 2 is 1.85 bits per heavy atom. The lowest BCUT2D eigenvalue weighted by atomic mass is 9.87. The number of nitriles is 1. The van der Waals surface area contributed by atoms with Crippen molar-refractivity contribution < 1.29 is 0 Å². The molecule has 0 aliphatic heterocycles. The summed E-state index contributed by atoms with van der Waals surface area (Å²) in [6.45, 7) is 4.34. The van der Waals surface area contributed by atoms with Gasteiger partial charge in [0.1, 0.15) is 0 Å². The SMILES string of the molecule is CC(C)(CBr)c1ccc(C#N)cc1. The standard InChI is InChI=1S/C11H12BrN/c1-11(2,8-12)10-5-3-9(7-13)4-6-10/h3-6H,8H2,1-2H3. The Kier molecular flexibility index (Phi) is 3.11. The molecule has 0 aromatic heterocycles. The molecule has 1 aromatic rings. The van der Waals surface area contributed by atoms with Crippen LogP contribution < -0.4 is 0 Å². The highest BCUT2D eigenvalue weighted by Gasteiger charge is 2.18. The minimum atomic E-state index is 0.133. The van der Waals surface area contributed by atoms with Crippen LogP contribution in [0.5, 0.6) is 0 Å². The van der Waals surface area contributed by atoms with E-state index in [0.717, 1.165) is 5.33 Å². The van der Waals surface area contributed by atoms with E-state index in [1.165, 1.54) is 5.56 Å². The second kappa shape index (κ2) is 3.93. The zero-order valence-corrected chi connectivity index (χ0v) is 9.43. The van der Waals surface area contributed by atoms with Gasteiger partial charge in [0.15, 0.2) is 0 Å². The van der Waals surface area contributed by atoms with Gasteiger partial charge in [-0.1, -0.05) is 41.9 Å². The third-order valence-corrected chi connectivity index (χ3v) is 3.53. The molecule has 0 spiro atoms. The second-order valence-electron chi connectivity index (χ2n) is 3.71. The Morgan fingerprint density at radius 3 is 2.23 bits per heavy atom. The summed E-state index contributed by atoms with van der Waals surface area (Å²) in [5.41, 5.74) is 2.10. The predicted molar refractivity (Wildman–Crippen MR) is 58.0 cm³/mol. The Bertz CT molecular complexity index is 319. The zero-order chi connectivity index (χ0) is 9.90. The van der Waals surface area contributed by atoms with Crippen molar-refractivity contribution in [3.05, 3.63) is 35.4 Å². The van der Waals surface area contributed by atoms with Crippen molar-refractivity contribution in [2.75, 3.05) is 5.33 Å². The quantitative estimate of drug-likeness (QED) is 0.725. The van der Waals surface area contributed by atoms with Crippen molar-refractivity contribution in [1.82, 2.24) is 0 Å². The van der Waals surface area contributed by atoms with Crippen LogP contribution in [0.15, 0.2) is 24.3 Å². The lowest BCUT2D eigenvalue weighted by Crippen LogP contribution is -2.18. The van der Waals surface area contributed by atoms with E-state index in [1.807, 2.05) is 24.3 Å². The van der Waals surface area contributed by atoms with Gasteiger partial charge in [0, 0.05) is 5.33 Å². The van der Waals surface area contributed by atoms with Crippen LogP contribution in [-0.4, -0.2) is 5.33 Å². The Balaban J connectivity index is 3.00. The van der Waals surface area contributed by atoms with Crippen LogP contribution in [0.25, 0.3) is 0 Å². The topological polar surface area (TPSA) is 23.8 Å². The van der Waals surface area contributed by atoms with E-state index in [2.05, 4.69) is 35.8 Å². The summed E-state index contributed by atoms with van der Waals surface area (Å²) in [4.78, 5) is 0. The molecule has 0 amide bonds. The third-order valence-electron chi connectivity index (χ3n) is 2.13. The Hall–Kier alpha value is -0.810. The average Bonchev–Trinajstić information content (AvgIpc) is 2.18. The van der Waals surface area contributed by atoms with E-state index in [4.69, 9.17) is 5.26 Å². The van der Waals surface area contributed by atoms with E-state index < -0.39 is 0 Å². The monoisotopic (exact) mass is 237 g/mol. The fourth-order valence-corrected chi connectivity index (χ4v) is 1.40. The van der Waals surface area contributed by atoms with E-state index in [9.17, 15) is 0 Å². The maximum atomic E-state index is 8.63. The summed E-state index contributed by atoms with van der Waals surface area (Å²) >= 11 is 3.48. The molecule has 0 saturated heterocycles. The van der Waals surface area contributed by atoms with Gasteiger partial charge in [-0.15, -0.1) is 0 Å². The molecule has 0 aliphatic rings. The lowest BCUT2D eigenvalue weighted by molar-refractivity contribution is 0.606. The molecule has 0 bridgehead atoms. The number of benzene rings is 1. The maximum Gasteiger partial charge on any atom is 0.0991 e. The fraction of sp³-hybridized carbons (Fsp3) is 0.364. The van der Waals surface area contributed by atoms with Crippen LogP contribution in [0.1, 0.15) is 25.0 Å². The van der Waals surface area contributed by atoms with E-state index in [0.29, 0.717) is 5.56 Å². The molecule has 1 rings (SSSR count). The summed E-state index contributed by atoms with van der Waals surface area (Å²) in [6.07, 6.45) is 0. The molecule has 0 radical (unpaired) electrons. The highest BCUT2D eigenvalue weighted by Crippen LogP contribution is 2.25. The van der Waals surface area contributed by atoms with Gasteiger partial charge in [-0.05, 0) is 23.1 Å². The average molecular weight is 238 g/mol. The molecule has 0 heterocycles. The van der Waals surface area contributed by atoms with Crippen molar-refractivity contribution in [2.24, 2.45) is 0 Å². The van der Waals surface area contributed by atoms with Crippen molar-refractivity contribution in [1.29, 1.82) is 5.26 Å². The first kappa shape index (κ1) is 10.3. The van der Waals surface area contributed by atoms with Crippen LogP contribution in [0.4, 0.5) is 0 Å². The molecule has 0 fully saturated rings. The number of rotatable bonds is 2. The highest BCUT2D eigenvalue weighted by atomic mass is 79.9. The van der Waals surface area contributed by atoms with Gasteiger partial charge < -0.3 is 0 Å². The second-order valence-corrected chi connectivity index (χ2v) is 4.27. The van der Waals surface area contributed by atoms with Crippen LogP contribution in [0.2, 0.25) is 0 Å². The zero-order valence-electron chi connectivity index (χ0n) is 7.84. The highest BCUT2D eigenvalue weighted by molar-refractivity contribution is 9.09. The van der Waals surface area contributed by atoms with Gasteiger partial charge in [0.2, 0.25) is 0 Å². The molecule has 1 aromatic carbocycles. The molecule has 68 valence electrons. The van der Waals surface area contributed by atoms with Crippen LogP contribution >= 0.6 is 15.9 Å². The number of halogens is 1. The predicted octanol–water partition coefficient (Wildman–Crippen LogP) is 3.23. The lowest BCUT2D eigenvalue weighted by Gasteiger charge is -2.21. The first-order valence-electron chi connectivity index (χ1n) is 4.17. The summed E-state index contributed by atoms with van der Waals surface area (Å²) in [6, 6.07) is 9.86. The molecule has 0 aliphatic carbocycles. The van der Waals surface area contributed by atoms with Gasteiger partial charge in [-0.3, -0.25) is 0 Å². The maximum absolute atomic E-state index is 8.63. The number of hydrogen-bond acceptors (Lipinski definition) is 1. The largest absolute Gasteiger partial charge is 0.192 e. The van der Waals surface area contributed by atoms with Crippen molar-refractivity contribution in [3.63, 3.8) is 0 Å². The third kappa shape index (κ3) is 2.32. The van der Waals surface area contributed by atoms with E-state index in [1.54, 1.807) is 0 Å². The number of nitrogens with zero attached hydrogens (tertiary/aromatic N) is 1. The molecule has 0 saturated carbocycles. The van der Waals surface area contributed by atoms with Gasteiger partial charge in [-0.2, -0.15) is 5.26 Å². The summed E-state index contributed by atoms with van der Waals surface area (Å²) in [5.74, 6) is 0. The molecule has 13 heavy (non-hydrogen) atoms.